The molecule has 1 amide bonds. The summed E-state index contributed by atoms with van der Waals surface area (Å²) in [6.45, 7) is 6.07. The van der Waals surface area contributed by atoms with Crippen LogP contribution in [0.3, 0.4) is 0 Å². The van der Waals surface area contributed by atoms with E-state index in [2.05, 4.69) is 18.9 Å². The SMILES string of the molecule is CC(C)CN(Cc1cnn(C)c1)C(=O)[C@@H]1COc2ccccc2C1. The highest BCUT2D eigenvalue weighted by molar-refractivity contribution is 5.79. The molecule has 1 atom stereocenters. The van der Waals surface area contributed by atoms with Crippen LogP contribution in [-0.2, 0) is 24.8 Å². The zero-order chi connectivity index (χ0) is 17.1. The van der Waals surface area contributed by atoms with Gasteiger partial charge in [-0.25, -0.2) is 0 Å². The van der Waals surface area contributed by atoms with Crippen LogP contribution in [0.2, 0.25) is 0 Å². The van der Waals surface area contributed by atoms with E-state index in [1.165, 1.54) is 0 Å². The first-order valence-electron chi connectivity index (χ1n) is 8.50. The Kier molecular flexibility index (Phi) is 4.88. The second kappa shape index (κ2) is 7.07. The van der Waals surface area contributed by atoms with E-state index in [-0.39, 0.29) is 11.8 Å². The van der Waals surface area contributed by atoms with E-state index in [0.29, 0.717) is 19.1 Å². The van der Waals surface area contributed by atoms with Gasteiger partial charge in [0.25, 0.3) is 0 Å². The molecular formula is C19H25N3O2. The van der Waals surface area contributed by atoms with Gasteiger partial charge in [0.05, 0.1) is 12.1 Å². The molecule has 0 aliphatic carbocycles. The van der Waals surface area contributed by atoms with E-state index in [1.54, 1.807) is 4.68 Å². The van der Waals surface area contributed by atoms with Crippen LogP contribution in [0.25, 0.3) is 0 Å². The molecule has 0 saturated carbocycles. The van der Waals surface area contributed by atoms with E-state index in [0.717, 1.165) is 29.8 Å². The minimum absolute atomic E-state index is 0.115. The van der Waals surface area contributed by atoms with E-state index >= 15 is 0 Å². The third-order valence-electron chi connectivity index (χ3n) is 4.26. The minimum Gasteiger partial charge on any atom is -0.492 e. The maximum absolute atomic E-state index is 13.1. The van der Waals surface area contributed by atoms with Gasteiger partial charge in [-0.2, -0.15) is 5.10 Å². The third-order valence-corrected chi connectivity index (χ3v) is 4.26. The van der Waals surface area contributed by atoms with E-state index in [9.17, 15) is 4.79 Å². The normalized spacial score (nSPS) is 16.6. The number of benzene rings is 1. The average Bonchev–Trinajstić information content (AvgIpc) is 2.97. The van der Waals surface area contributed by atoms with Crippen molar-refractivity contribution in [2.24, 2.45) is 18.9 Å². The highest BCUT2D eigenvalue weighted by Gasteiger charge is 2.30. The van der Waals surface area contributed by atoms with Gasteiger partial charge in [0.2, 0.25) is 5.91 Å². The number of ether oxygens (including phenoxy) is 1. The second-order valence-corrected chi connectivity index (χ2v) is 6.95. The van der Waals surface area contributed by atoms with Crippen molar-refractivity contribution in [3.05, 3.63) is 47.8 Å². The second-order valence-electron chi connectivity index (χ2n) is 6.95. The quantitative estimate of drug-likeness (QED) is 0.848. The summed E-state index contributed by atoms with van der Waals surface area (Å²) in [6, 6.07) is 7.98. The van der Waals surface area contributed by atoms with Crippen molar-refractivity contribution in [1.29, 1.82) is 0 Å². The maximum Gasteiger partial charge on any atom is 0.229 e. The molecule has 24 heavy (non-hydrogen) atoms. The number of rotatable bonds is 5. The molecule has 5 nitrogen and oxygen atoms in total. The molecule has 0 fully saturated rings. The lowest BCUT2D eigenvalue weighted by Gasteiger charge is -2.31. The highest BCUT2D eigenvalue weighted by Crippen LogP contribution is 2.28. The van der Waals surface area contributed by atoms with Gasteiger partial charge in [-0.1, -0.05) is 32.0 Å². The van der Waals surface area contributed by atoms with Gasteiger partial charge >= 0.3 is 0 Å². The Labute approximate surface area is 143 Å². The summed E-state index contributed by atoms with van der Waals surface area (Å²) in [4.78, 5) is 15.0. The number of hydrogen-bond donors (Lipinski definition) is 0. The van der Waals surface area contributed by atoms with Crippen LogP contribution in [0.15, 0.2) is 36.7 Å². The predicted molar refractivity (Wildman–Crippen MR) is 92.6 cm³/mol. The van der Waals surface area contributed by atoms with Crippen LogP contribution in [0.5, 0.6) is 5.75 Å². The number of hydrogen-bond acceptors (Lipinski definition) is 3. The van der Waals surface area contributed by atoms with Crippen molar-refractivity contribution in [1.82, 2.24) is 14.7 Å². The van der Waals surface area contributed by atoms with Crippen LogP contribution in [0.1, 0.15) is 25.0 Å². The molecule has 0 unspecified atom stereocenters. The fraction of sp³-hybridized carbons (Fsp3) is 0.474. The van der Waals surface area contributed by atoms with Crippen LogP contribution < -0.4 is 4.74 Å². The molecule has 5 heteroatoms. The summed E-state index contributed by atoms with van der Waals surface area (Å²) in [5, 5.41) is 4.20. The van der Waals surface area contributed by atoms with Gasteiger partial charge in [-0.3, -0.25) is 9.48 Å². The number of fused-ring (bicyclic) bond motifs is 1. The van der Waals surface area contributed by atoms with Crippen LogP contribution in [0.4, 0.5) is 0 Å². The molecule has 0 radical (unpaired) electrons. The zero-order valence-corrected chi connectivity index (χ0v) is 14.6. The van der Waals surface area contributed by atoms with E-state index in [4.69, 9.17) is 4.74 Å². The highest BCUT2D eigenvalue weighted by atomic mass is 16.5. The minimum atomic E-state index is -0.115. The molecule has 2 heterocycles. The topological polar surface area (TPSA) is 47.4 Å². The molecule has 0 N–H and O–H groups in total. The molecular weight excluding hydrogens is 302 g/mol. The summed E-state index contributed by atoms with van der Waals surface area (Å²) in [7, 11) is 1.89. The molecule has 0 saturated heterocycles. The Morgan fingerprint density at radius 1 is 1.42 bits per heavy atom. The summed E-state index contributed by atoms with van der Waals surface area (Å²) in [6.07, 6.45) is 4.54. The van der Waals surface area contributed by atoms with E-state index < -0.39 is 0 Å². The standard InChI is InChI=1S/C19H25N3O2/c1-14(2)10-22(12-15-9-20-21(3)11-15)19(23)17-8-16-6-4-5-7-18(16)24-13-17/h4-7,9,11,14,17H,8,10,12-13H2,1-3H3/t17-/m0/s1. The first-order chi connectivity index (χ1) is 11.5. The number of carbonyl (C=O) groups excluding carboxylic acids is 1. The number of amides is 1. The fourth-order valence-electron chi connectivity index (χ4n) is 3.19. The molecule has 1 aliphatic rings. The predicted octanol–water partition coefficient (Wildman–Crippen LogP) is 2.66. The molecule has 1 aromatic carbocycles. The Hall–Kier alpha value is -2.30. The van der Waals surface area contributed by atoms with Gasteiger partial charge in [0, 0.05) is 31.9 Å². The van der Waals surface area contributed by atoms with Crippen molar-refractivity contribution in [3.63, 3.8) is 0 Å². The molecule has 2 aromatic rings. The van der Waals surface area contributed by atoms with Gasteiger partial charge in [-0.05, 0) is 24.0 Å². The number of para-hydroxylation sites is 1. The van der Waals surface area contributed by atoms with Crippen molar-refractivity contribution in [2.75, 3.05) is 13.2 Å². The van der Waals surface area contributed by atoms with Crippen LogP contribution >= 0.6 is 0 Å². The monoisotopic (exact) mass is 327 g/mol. The largest absolute Gasteiger partial charge is 0.492 e. The first kappa shape index (κ1) is 16.6. The van der Waals surface area contributed by atoms with Crippen LogP contribution in [-0.4, -0.2) is 33.7 Å². The fourth-order valence-corrected chi connectivity index (χ4v) is 3.19. The van der Waals surface area contributed by atoms with E-state index in [1.807, 2.05) is 48.6 Å². The Balaban J connectivity index is 1.73. The number of nitrogens with zero attached hydrogens (tertiary/aromatic N) is 3. The number of aryl methyl sites for hydroxylation is 1. The third kappa shape index (κ3) is 3.78. The molecule has 0 bridgehead atoms. The molecule has 1 aliphatic heterocycles. The van der Waals surface area contributed by atoms with Gasteiger partial charge < -0.3 is 9.64 Å². The molecule has 128 valence electrons. The van der Waals surface area contributed by atoms with Gasteiger partial charge in [-0.15, -0.1) is 0 Å². The molecule has 1 aromatic heterocycles. The van der Waals surface area contributed by atoms with Crippen LogP contribution in [0, 0.1) is 11.8 Å². The first-order valence-corrected chi connectivity index (χ1v) is 8.50. The van der Waals surface area contributed by atoms with Crippen molar-refractivity contribution in [3.8, 4) is 5.75 Å². The van der Waals surface area contributed by atoms with Crippen molar-refractivity contribution >= 4 is 5.91 Å². The van der Waals surface area contributed by atoms with Gasteiger partial charge in [0.1, 0.15) is 12.4 Å². The number of carbonyl (C=O) groups is 1. The lowest BCUT2D eigenvalue weighted by atomic mass is 9.95. The number of aromatic nitrogens is 2. The summed E-state index contributed by atoms with van der Waals surface area (Å²) in [5.41, 5.74) is 2.18. The summed E-state index contributed by atoms with van der Waals surface area (Å²) in [5.74, 6) is 1.38. The van der Waals surface area contributed by atoms with Crippen molar-refractivity contribution < 1.29 is 9.53 Å². The Morgan fingerprint density at radius 2 is 2.21 bits per heavy atom. The smallest absolute Gasteiger partial charge is 0.229 e. The zero-order valence-electron chi connectivity index (χ0n) is 14.6. The summed E-state index contributed by atoms with van der Waals surface area (Å²) < 4.78 is 7.57. The lowest BCUT2D eigenvalue weighted by Crippen LogP contribution is -2.42. The van der Waals surface area contributed by atoms with Gasteiger partial charge in [0.15, 0.2) is 0 Å². The Morgan fingerprint density at radius 3 is 2.92 bits per heavy atom. The summed E-state index contributed by atoms with van der Waals surface area (Å²) >= 11 is 0. The average molecular weight is 327 g/mol. The molecule has 0 spiro atoms. The van der Waals surface area contributed by atoms with Crippen molar-refractivity contribution in [2.45, 2.75) is 26.8 Å². The lowest BCUT2D eigenvalue weighted by molar-refractivity contribution is -0.138. The maximum atomic E-state index is 13.1. The Bertz CT molecular complexity index is 708. The molecule has 3 rings (SSSR count).